The average Bonchev–Trinajstić information content (AvgIpc) is 3.04. The minimum atomic E-state index is -0.153. The maximum Gasteiger partial charge on any atom is 0.234 e. The van der Waals surface area contributed by atoms with Crippen LogP contribution in [0.25, 0.3) is 11.4 Å². The summed E-state index contributed by atoms with van der Waals surface area (Å²) in [6.07, 6.45) is 0. The second-order valence-corrected chi connectivity index (χ2v) is 7.75. The zero-order valence-corrected chi connectivity index (χ0v) is 17.8. The Balaban J connectivity index is 1.72. The summed E-state index contributed by atoms with van der Waals surface area (Å²) >= 11 is 13.5. The molecular weight excluding hydrogens is 419 g/mol. The van der Waals surface area contributed by atoms with E-state index >= 15 is 0 Å². The molecule has 0 unspecified atom stereocenters. The number of carbonyl (C=O) groups excluding carboxylic acids is 1. The monoisotopic (exact) mass is 436 g/mol. The fourth-order valence-electron chi connectivity index (χ4n) is 2.59. The van der Waals surface area contributed by atoms with Crippen molar-refractivity contribution in [3.8, 4) is 17.1 Å². The van der Waals surface area contributed by atoms with E-state index in [0.29, 0.717) is 32.5 Å². The van der Waals surface area contributed by atoms with Crippen molar-refractivity contribution in [1.82, 2.24) is 14.8 Å². The third-order valence-electron chi connectivity index (χ3n) is 4.11. The van der Waals surface area contributed by atoms with Gasteiger partial charge in [-0.05, 0) is 42.8 Å². The Labute approximate surface area is 177 Å². The number of ether oxygens (including phenoxy) is 1. The highest BCUT2D eigenvalue weighted by Gasteiger charge is 2.17. The summed E-state index contributed by atoms with van der Waals surface area (Å²) in [6, 6.07) is 10.7. The lowest BCUT2D eigenvalue weighted by Gasteiger charge is -2.10. The van der Waals surface area contributed by atoms with E-state index in [4.69, 9.17) is 27.9 Å². The van der Waals surface area contributed by atoms with E-state index in [1.54, 1.807) is 42.0 Å². The number of methoxy groups -OCH3 is 1. The first kappa shape index (κ1) is 20.5. The molecule has 0 radical (unpaired) electrons. The Kier molecular flexibility index (Phi) is 6.49. The van der Waals surface area contributed by atoms with Crippen LogP contribution in [0.3, 0.4) is 0 Å². The topological polar surface area (TPSA) is 69.0 Å². The first-order valence-corrected chi connectivity index (χ1v) is 10.1. The van der Waals surface area contributed by atoms with E-state index < -0.39 is 0 Å². The van der Waals surface area contributed by atoms with Gasteiger partial charge in [-0.15, -0.1) is 10.2 Å². The van der Waals surface area contributed by atoms with Gasteiger partial charge in [0.15, 0.2) is 11.0 Å². The van der Waals surface area contributed by atoms with Gasteiger partial charge in [-0.1, -0.05) is 41.0 Å². The zero-order chi connectivity index (χ0) is 20.3. The molecule has 1 heterocycles. The van der Waals surface area contributed by atoms with Crippen molar-refractivity contribution in [2.24, 2.45) is 7.05 Å². The van der Waals surface area contributed by atoms with Gasteiger partial charge in [0.25, 0.3) is 0 Å². The lowest BCUT2D eigenvalue weighted by Crippen LogP contribution is -2.15. The van der Waals surface area contributed by atoms with Gasteiger partial charge in [-0.3, -0.25) is 4.79 Å². The molecule has 0 aliphatic heterocycles. The summed E-state index contributed by atoms with van der Waals surface area (Å²) in [6.45, 7) is 1.86. The largest absolute Gasteiger partial charge is 0.496 e. The molecule has 9 heteroatoms. The van der Waals surface area contributed by atoms with E-state index in [0.717, 1.165) is 11.1 Å². The third-order valence-corrected chi connectivity index (χ3v) is 5.78. The van der Waals surface area contributed by atoms with Gasteiger partial charge in [0.1, 0.15) is 5.75 Å². The number of amides is 1. The summed E-state index contributed by atoms with van der Waals surface area (Å²) in [5.74, 6) is 1.28. The molecular formula is C19H18Cl2N4O2S. The lowest BCUT2D eigenvalue weighted by atomic mass is 10.2. The number of hydrogen-bond donors (Lipinski definition) is 1. The minimum absolute atomic E-state index is 0.153. The Morgan fingerprint density at radius 2 is 2.04 bits per heavy atom. The normalized spacial score (nSPS) is 10.8. The summed E-state index contributed by atoms with van der Waals surface area (Å²) < 4.78 is 7.19. The number of nitrogens with one attached hydrogen (secondary N) is 1. The van der Waals surface area contributed by atoms with E-state index in [1.165, 1.54) is 11.8 Å². The fourth-order valence-corrected chi connectivity index (χ4v) is 3.65. The Morgan fingerprint density at radius 1 is 1.25 bits per heavy atom. The van der Waals surface area contributed by atoms with Crippen LogP contribution < -0.4 is 10.1 Å². The number of nitrogens with zero attached hydrogens (tertiary/aromatic N) is 3. The van der Waals surface area contributed by atoms with E-state index in [9.17, 15) is 4.79 Å². The van der Waals surface area contributed by atoms with Crippen LogP contribution in [0, 0.1) is 6.92 Å². The van der Waals surface area contributed by atoms with Crippen molar-refractivity contribution < 1.29 is 9.53 Å². The minimum Gasteiger partial charge on any atom is -0.496 e. The molecule has 0 atom stereocenters. The predicted octanol–water partition coefficient (Wildman–Crippen LogP) is 4.84. The molecule has 0 bridgehead atoms. The van der Waals surface area contributed by atoms with E-state index in [2.05, 4.69) is 15.5 Å². The summed E-state index contributed by atoms with van der Waals surface area (Å²) in [4.78, 5) is 12.3. The van der Waals surface area contributed by atoms with Gasteiger partial charge >= 0.3 is 0 Å². The highest BCUT2D eigenvalue weighted by Crippen LogP contribution is 2.32. The summed E-state index contributed by atoms with van der Waals surface area (Å²) in [7, 11) is 3.41. The highest BCUT2D eigenvalue weighted by atomic mass is 35.5. The predicted molar refractivity (Wildman–Crippen MR) is 114 cm³/mol. The molecule has 28 heavy (non-hydrogen) atoms. The van der Waals surface area contributed by atoms with Crippen molar-refractivity contribution in [3.63, 3.8) is 0 Å². The zero-order valence-electron chi connectivity index (χ0n) is 15.5. The van der Waals surface area contributed by atoms with Crippen molar-refractivity contribution in [2.75, 3.05) is 18.2 Å². The molecule has 0 spiro atoms. The molecule has 3 rings (SSSR count). The quantitative estimate of drug-likeness (QED) is 0.559. The number of hydrogen-bond acceptors (Lipinski definition) is 5. The average molecular weight is 437 g/mol. The molecule has 0 saturated carbocycles. The van der Waals surface area contributed by atoms with Gasteiger partial charge < -0.3 is 14.6 Å². The van der Waals surface area contributed by atoms with Crippen LogP contribution >= 0.6 is 35.0 Å². The molecule has 0 aliphatic carbocycles. The van der Waals surface area contributed by atoms with Crippen molar-refractivity contribution in [2.45, 2.75) is 12.1 Å². The third kappa shape index (κ3) is 4.43. The number of carbonyl (C=O) groups is 1. The smallest absolute Gasteiger partial charge is 0.234 e. The fraction of sp³-hybridized carbons (Fsp3) is 0.211. The van der Waals surface area contributed by atoms with Crippen LogP contribution in [0.15, 0.2) is 41.6 Å². The summed E-state index contributed by atoms with van der Waals surface area (Å²) in [5, 5.41) is 13.1. The summed E-state index contributed by atoms with van der Waals surface area (Å²) in [5.41, 5.74) is 2.26. The number of aromatic nitrogens is 3. The van der Waals surface area contributed by atoms with Crippen molar-refractivity contribution in [3.05, 3.63) is 52.0 Å². The van der Waals surface area contributed by atoms with Crippen molar-refractivity contribution >= 4 is 46.6 Å². The van der Waals surface area contributed by atoms with Crippen LogP contribution in [0.1, 0.15) is 5.56 Å². The molecule has 6 nitrogen and oxygen atoms in total. The lowest BCUT2D eigenvalue weighted by molar-refractivity contribution is -0.113. The SMILES string of the molecule is COc1ccc(Cl)cc1-c1nnc(SCC(=O)Nc2cccc(Cl)c2C)n1C. The second kappa shape index (κ2) is 8.86. The van der Waals surface area contributed by atoms with Crippen LogP contribution in [0.5, 0.6) is 5.75 Å². The Bertz CT molecular complexity index is 1020. The second-order valence-electron chi connectivity index (χ2n) is 5.96. The standard InChI is InChI=1S/C19H18Cl2N4O2S/c1-11-14(21)5-4-6-15(11)22-17(26)10-28-19-24-23-18(25(19)2)13-9-12(20)7-8-16(13)27-3/h4-9H,10H2,1-3H3,(H,22,26). The molecule has 146 valence electrons. The van der Waals surface area contributed by atoms with Crippen LogP contribution in [0.2, 0.25) is 10.0 Å². The highest BCUT2D eigenvalue weighted by molar-refractivity contribution is 7.99. The molecule has 0 fully saturated rings. The van der Waals surface area contributed by atoms with Gasteiger partial charge in [0, 0.05) is 22.8 Å². The molecule has 0 saturated heterocycles. The first-order chi connectivity index (χ1) is 13.4. The van der Waals surface area contributed by atoms with Gasteiger partial charge in [0.05, 0.1) is 18.4 Å². The van der Waals surface area contributed by atoms with Crippen LogP contribution in [-0.2, 0) is 11.8 Å². The number of thioether (sulfide) groups is 1. The Morgan fingerprint density at radius 3 is 2.79 bits per heavy atom. The molecule has 1 N–H and O–H groups in total. The first-order valence-electron chi connectivity index (χ1n) is 8.31. The number of halogens is 2. The number of rotatable bonds is 6. The molecule has 0 aliphatic rings. The van der Waals surface area contributed by atoms with Crippen LogP contribution in [0.4, 0.5) is 5.69 Å². The maximum atomic E-state index is 12.3. The molecule has 2 aromatic carbocycles. The van der Waals surface area contributed by atoms with E-state index in [-0.39, 0.29) is 11.7 Å². The number of benzene rings is 2. The van der Waals surface area contributed by atoms with Crippen molar-refractivity contribution in [1.29, 1.82) is 0 Å². The van der Waals surface area contributed by atoms with Gasteiger partial charge in [-0.25, -0.2) is 0 Å². The van der Waals surface area contributed by atoms with Crippen LogP contribution in [-0.4, -0.2) is 33.5 Å². The maximum absolute atomic E-state index is 12.3. The molecule has 1 amide bonds. The molecule has 1 aromatic heterocycles. The number of anilines is 1. The van der Waals surface area contributed by atoms with Gasteiger partial charge in [0.2, 0.25) is 5.91 Å². The van der Waals surface area contributed by atoms with Gasteiger partial charge in [-0.2, -0.15) is 0 Å². The van der Waals surface area contributed by atoms with E-state index in [1.807, 2.05) is 20.0 Å². The Hall–Kier alpha value is -2.22. The molecule has 3 aromatic rings.